The smallest absolute Gasteiger partial charge is 0.265 e. The average molecular weight is 426 g/mol. The summed E-state index contributed by atoms with van der Waals surface area (Å²) in [5.41, 5.74) is 3.62. The third kappa shape index (κ3) is 3.64. The van der Waals surface area contributed by atoms with E-state index in [0.717, 1.165) is 30.6 Å². The predicted molar refractivity (Wildman–Crippen MR) is 120 cm³/mol. The van der Waals surface area contributed by atoms with Gasteiger partial charge in [-0.2, -0.15) is 5.10 Å². The van der Waals surface area contributed by atoms with E-state index in [1.807, 2.05) is 33.0 Å². The van der Waals surface area contributed by atoms with Gasteiger partial charge in [0.05, 0.1) is 17.9 Å². The number of thioether (sulfide) groups is 1. The van der Waals surface area contributed by atoms with E-state index in [-0.39, 0.29) is 17.5 Å². The molecule has 158 valence electrons. The van der Waals surface area contributed by atoms with Crippen LogP contribution in [0.25, 0.3) is 16.7 Å². The Hall–Kier alpha value is -2.61. The van der Waals surface area contributed by atoms with Crippen molar-refractivity contribution < 1.29 is 4.79 Å². The quantitative estimate of drug-likeness (QED) is 0.565. The zero-order valence-corrected chi connectivity index (χ0v) is 18.7. The van der Waals surface area contributed by atoms with E-state index in [1.54, 1.807) is 20.3 Å². The van der Waals surface area contributed by atoms with Crippen molar-refractivity contribution >= 4 is 28.7 Å². The fourth-order valence-electron chi connectivity index (χ4n) is 3.88. The number of unbranched alkanes of at least 4 members (excludes halogenated alkanes) is 1. The van der Waals surface area contributed by atoms with Crippen LogP contribution in [0.4, 0.5) is 0 Å². The average Bonchev–Trinajstić information content (AvgIpc) is 3.31. The molecule has 0 aliphatic carbocycles. The number of carbonyl (C=O) groups is 1. The van der Waals surface area contributed by atoms with Gasteiger partial charge in [0, 0.05) is 25.8 Å². The molecular formula is C22H27N5O2S. The predicted octanol–water partition coefficient (Wildman–Crippen LogP) is 3.49. The lowest BCUT2D eigenvalue weighted by Crippen LogP contribution is -2.32. The van der Waals surface area contributed by atoms with Crippen molar-refractivity contribution in [2.45, 2.75) is 51.2 Å². The van der Waals surface area contributed by atoms with Crippen LogP contribution in [0.1, 0.15) is 43.4 Å². The number of aryl methyl sites for hydroxylation is 2. The first-order chi connectivity index (χ1) is 14.4. The second-order valence-electron chi connectivity index (χ2n) is 7.99. The van der Waals surface area contributed by atoms with Gasteiger partial charge in [-0.1, -0.05) is 42.8 Å². The van der Waals surface area contributed by atoms with E-state index in [1.165, 1.54) is 17.3 Å². The SMILES string of the molecule is CCCCN(C)C(=O)CC1CSc2nc3c(cnn3-c3ccc(C)cc3C)c(=O)n21. The van der Waals surface area contributed by atoms with Gasteiger partial charge >= 0.3 is 0 Å². The summed E-state index contributed by atoms with van der Waals surface area (Å²) in [4.78, 5) is 32.4. The number of nitrogens with zero attached hydrogens (tertiary/aromatic N) is 5. The summed E-state index contributed by atoms with van der Waals surface area (Å²) in [6, 6.07) is 5.95. The number of aromatic nitrogens is 4. The molecule has 8 heteroatoms. The Morgan fingerprint density at radius 1 is 1.33 bits per heavy atom. The van der Waals surface area contributed by atoms with Crippen molar-refractivity contribution in [2.24, 2.45) is 0 Å². The normalized spacial score (nSPS) is 15.5. The van der Waals surface area contributed by atoms with Gasteiger partial charge in [0.15, 0.2) is 10.8 Å². The molecule has 0 radical (unpaired) electrons. The van der Waals surface area contributed by atoms with E-state index in [0.29, 0.717) is 28.4 Å². The minimum atomic E-state index is -0.171. The zero-order valence-electron chi connectivity index (χ0n) is 17.9. The molecule has 2 aromatic heterocycles. The van der Waals surface area contributed by atoms with E-state index in [9.17, 15) is 9.59 Å². The van der Waals surface area contributed by atoms with Gasteiger partial charge in [-0.15, -0.1) is 0 Å². The number of benzene rings is 1. The number of fused-ring (bicyclic) bond motifs is 2. The Balaban J connectivity index is 1.69. The van der Waals surface area contributed by atoms with Crippen LogP contribution in [0.5, 0.6) is 0 Å². The van der Waals surface area contributed by atoms with Crippen molar-refractivity contribution in [1.29, 1.82) is 0 Å². The van der Waals surface area contributed by atoms with Gasteiger partial charge in [0.2, 0.25) is 5.91 Å². The largest absolute Gasteiger partial charge is 0.346 e. The highest BCUT2D eigenvalue weighted by molar-refractivity contribution is 7.99. The molecule has 1 aromatic carbocycles. The van der Waals surface area contributed by atoms with Crippen LogP contribution in [0, 0.1) is 13.8 Å². The number of hydrogen-bond acceptors (Lipinski definition) is 5. The highest BCUT2D eigenvalue weighted by Crippen LogP contribution is 2.34. The van der Waals surface area contributed by atoms with Gasteiger partial charge in [0.1, 0.15) is 5.39 Å². The molecule has 0 saturated heterocycles. The monoisotopic (exact) mass is 425 g/mol. The van der Waals surface area contributed by atoms with E-state index in [4.69, 9.17) is 4.98 Å². The summed E-state index contributed by atoms with van der Waals surface area (Å²) in [7, 11) is 1.83. The molecule has 0 N–H and O–H groups in total. The minimum absolute atomic E-state index is 0.0693. The van der Waals surface area contributed by atoms with E-state index in [2.05, 4.69) is 18.1 Å². The third-order valence-electron chi connectivity index (χ3n) is 5.63. The Morgan fingerprint density at radius 2 is 2.13 bits per heavy atom. The summed E-state index contributed by atoms with van der Waals surface area (Å²) in [5.74, 6) is 0.749. The van der Waals surface area contributed by atoms with Crippen molar-refractivity contribution in [3.05, 3.63) is 45.9 Å². The molecule has 4 rings (SSSR count). The molecule has 0 saturated carbocycles. The maximum Gasteiger partial charge on any atom is 0.265 e. The summed E-state index contributed by atoms with van der Waals surface area (Å²) in [6.45, 7) is 6.93. The van der Waals surface area contributed by atoms with Crippen LogP contribution in [0.15, 0.2) is 34.3 Å². The molecule has 0 fully saturated rings. The van der Waals surface area contributed by atoms with Gasteiger partial charge in [-0.25, -0.2) is 9.67 Å². The second-order valence-corrected chi connectivity index (χ2v) is 8.98. The summed E-state index contributed by atoms with van der Waals surface area (Å²) in [6.07, 6.45) is 3.94. The molecule has 7 nitrogen and oxygen atoms in total. The van der Waals surface area contributed by atoms with Crippen molar-refractivity contribution in [2.75, 3.05) is 19.3 Å². The summed E-state index contributed by atoms with van der Waals surface area (Å²) < 4.78 is 3.43. The Bertz CT molecular complexity index is 1170. The van der Waals surface area contributed by atoms with E-state index >= 15 is 0 Å². The molecule has 3 heterocycles. The molecule has 30 heavy (non-hydrogen) atoms. The number of hydrogen-bond donors (Lipinski definition) is 0. The van der Waals surface area contributed by atoms with Gasteiger partial charge < -0.3 is 4.90 Å². The van der Waals surface area contributed by atoms with Gasteiger partial charge in [-0.3, -0.25) is 14.2 Å². The lowest BCUT2D eigenvalue weighted by Gasteiger charge is -2.20. The molecule has 1 unspecified atom stereocenters. The van der Waals surface area contributed by atoms with Gasteiger partial charge in [0.25, 0.3) is 5.56 Å². The van der Waals surface area contributed by atoms with Crippen LogP contribution in [-0.4, -0.2) is 49.5 Å². The molecule has 1 atom stereocenters. The molecule has 1 aliphatic heterocycles. The molecular weight excluding hydrogens is 398 g/mol. The van der Waals surface area contributed by atoms with Crippen molar-refractivity contribution in [1.82, 2.24) is 24.2 Å². The number of amides is 1. The second kappa shape index (κ2) is 8.26. The molecule has 0 spiro atoms. The maximum atomic E-state index is 13.3. The lowest BCUT2D eigenvalue weighted by molar-refractivity contribution is -0.130. The molecule has 1 amide bonds. The third-order valence-corrected chi connectivity index (χ3v) is 6.73. The minimum Gasteiger partial charge on any atom is -0.346 e. The maximum absolute atomic E-state index is 13.3. The topological polar surface area (TPSA) is 73.0 Å². The van der Waals surface area contributed by atoms with Gasteiger partial charge in [-0.05, 0) is 31.9 Å². The van der Waals surface area contributed by atoms with Crippen LogP contribution in [0.3, 0.4) is 0 Å². The summed E-state index contributed by atoms with van der Waals surface area (Å²) >= 11 is 1.53. The van der Waals surface area contributed by atoms with Crippen LogP contribution in [0.2, 0.25) is 0 Å². The Kier molecular flexibility index (Phi) is 5.69. The molecule has 1 aliphatic rings. The Labute approximate surface area is 180 Å². The van der Waals surface area contributed by atoms with Crippen LogP contribution >= 0.6 is 11.8 Å². The lowest BCUT2D eigenvalue weighted by atomic mass is 10.1. The number of rotatable bonds is 6. The fraction of sp³-hybridized carbons (Fsp3) is 0.455. The van der Waals surface area contributed by atoms with Crippen molar-refractivity contribution in [3.63, 3.8) is 0 Å². The number of carbonyl (C=O) groups excluding carboxylic acids is 1. The van der Waals surface area contributed by atoms with Crippen LogP contribution in [-0.2, 0) is 4.79 Å². The highest BCUT2D eigenvalue weighted by Gasteiger charge is 2.30. The fourth-order valence-corrected chi connectivity index (χ4v) is 5.01. The molecule has 0 bridgehead atoms. The standard InChI is InChI=1S/C22H27N5O2S/c1-5-6-9-25(4)19(28)11-16-13-30-22-24-20-17(21(29)26(16)22)12-23-27(20)18-8-7-14(2)10-15(18)3/h7-8,10,12,16H,5-6,9,11,13H2,1-4H3. The van der Waals surface area contributed by atoms with Crippen molar-refractivity contribution in [3.8, 4) is 5.69 Å². The zero-order chi connectivity index (χ0) is 21.4. The van der Waals surface area contributed by atoms with Crippen LogP contribution < -0.4 is 5.56 Å². The first-order valence-corrected chi connectivity index (χ1v) is 11.3. The molecule has 3 aromatic rings. The Morgan fingerprint density at radius 3 is 2.87 bits per heavy atom. The summed E-state index contributed by atoms with van der Waals surface area (Å²) in [5, 5.41) is 5.61. The first kappa shape index (κ1) is 20.7. The first-order valence-electron chi connectivity index (χ1n) is 10.4. The highest BCUT2D eigenvalue weighted by atomic mass is 32.2. The van der Waals surface area contributed by atoms with E-state index < -0.39 is 0 Å².